The Kier molecular flexibility index (Phi) is 19.4. The van der Waals surface area contributed by atoms with Crippen molar-refractivity contribution in [3.63, 3.8) is 0 Å². The number of carboxylic acid groups (broad SMARTS) is 1. The number of carboxylic acids is 1. The number of fused-ring (bicyclic) bond motifs is 1. The number of carbonyl (C=O) groups is 3. The van der Waals surface area contributed by atoms with Crippen molar-refractivity contribution in [2.24, 2.45) is 5.73 Å². The van der Waals surface area contributed by atoms with Crippen molar-refractivity contribution >= 4 is 46.0 Å². The van der Waals surface area contributed by atoms with Gasteiger partial charge in [0.25, 0.3) is 11.8 Å². The Balaban J connectivity index is 0.00000105. The second-order valence-electron chi connectivity index (χ2n) is 11.3. The maximum Gasteiger partial charge on any atom is 1.00 e. The molecule has 4 aromatic rings. The summed E-state index contributed by atoms with van der Waals surface area (Å²) in [6.45, 7) is 6.17. The smallest absolute Gasteiger partial charge is 0.870 e. The summed E-state index contributed by atoms with van der Waals surface area (Å²) in [5.41, 5.74) is 4.46. The maximum absolute atomic E-state index is 14.7. The molecule has 2 amide bonds. The topological polar surface area (TPSA) is 178 Å². The molecule has 0 radical (unpaired) electrons. The number of nitrogens with two attached hydrogens (primary N) is 1. The Labute approximate surface area is 330 Å². The van der Waals surface area contributed by atoms with Crippen molar-refractivity contribution in [3.8, 4) is 11.1 Å². The standard InChI is InChI=1S/C29H18ClF5N4O4.C4H8O.C2H4F3N.Li.H2O/c1-36-16-5-7-18(20(30)12-16)19-6-4-14(17-3-2-8-37-25(17)19)11-23(28(42)43)39-27(41)24-21(31)9-15(10-22(24)32)26(40)38-13-29(33,34)35;1-2-4-5-3-1;3-2(4,5)1-6;;/h2-10,12,23H,11,13H2,(H,38,40)(H,39,41)(H,42,43);1-4H2;1,6H2;;1H2/q;;;+1;/p-1/t23-;;;;/m0..../s1. The first kappa shape index (κ1) is 49.2. The molecule has 5 rings (SSSR count). The second kappa shape index (κ2) is 22.1. The average Bonchev–Trinajstić information content (AvgIpc) is 3.70. The number of carbonyl (C=O) groups excluding carboxylic acids is 2. The third-order valence-electron chi connectivity index (χ3n) is 7.30. The number of benzene rings is 3. The van der Waals surface area contributed by atoms with E-state index < -0.39 is 72.0 Å². The molecule has 21 heteroatoms. The predicted molar refractivity (Wildman–Crippen MR) is 183 cm³/mol. The molecule has 0 unspecified atom stereocenters. The fourth-order valence-electron chi connectivity index (χ4n) is 4.78. The van der Waals surface area contributed by atoms with Crippen LogP contribution in [-0.2, 0) is 16.0 Å². The maximum atomic E-state index is 14.7. The molecule has 0 aliphatic carbocycles. The van der Waals surface area contributed by atoms with E-state index in [0.29, 0.717) is 45.4 Å². The molecule has 1 saturated heterocycles. The summed E-state index contributed by atoms with van der Waals surface area (Å²) in [5, 5.41) is 14.1. The van der Waals surface area contributed by atoms with Crippen molar-refractivity contribution in [2.45, 2.75) is 37.7 Å². The van der Waals surface area contributed by atoms with Crippen LogP contribution in [0.3, 0.4) is 0 Å². The molecule has 2 heterocycles. The fourth-order valence-corrected chi connectivity index (χ4v) is 5.06. The monoisotopic (exact) mass is 811 g/mol. The van der Waals surface area contributed by atoms with E-state index in [1.54, 1.807) is 36.4 Å². The molecule has 11 nitrogen and oxygen atoms in total. The van der Waals surface area contributed by atoms with Gasteiger partial charge in [-0.15, -0.1) is 0 Å². The Bertz CT molecular complexity index is 2000. The summed E-state index contributed by atoms with van der Waals surface area (Å²) in [6.07, 6.45) is -5.22. The number of aliphatic carboxylic acids is 1. The van der Waals surface area contributed by atoms with Crippen LogP contribution in [0.4, 0.5) is 40.8 Å². The van der Waals surface area contributed by atoms with E-state index in [-0.39, 0.29) is 35.8 Å². The number of pyridine rings is 1. The van der Waals surface area contributed by atoms with E-state index in [9.17, 15) is 54.6 Å². The molecule has 0 spiro atoms. The van der Waals surface area contributed by atoms with Crippen LogP contribution < -0.4 is 35.2 Å². The van der Waals surface area contributed by atoms with Gasteiger partial charge in [0.05, 0.1) is 18.6 Å². The van der Waals surface area contributed by atoms with Gasteiger partial charge in [-0.25, -0.2) is 18.4 Å². The first-order valence-electron chi connectivity index (χ1n) is 15.6. The van der Waals surface area contributed by atoms with Crippen molar-refractivity contribution in [1.29, 1.82) is 0 Å². The number of rotatable bonds is 8. The van der Waals surface area contributed by atoms with Crippen LogP contribution in [0, 0.1) is 18.2 Å². The molecule has 3 aromatic carbocycles. The van der Waals surface area contributed by atoms with Gasteiger partial charge < -0.3 is 31.7 Å². The molecule has 1 fully saturated rings. The summed E-state index contributed by atoms with van der Waals surface area (Å²) in [6, 6.07) is 10.2. The molecular weight excluding hydrogens is 781 g/mol. The zero-order chi connectivity index (χ0) is 40.2. The number of aromatic nitrogens is 1. The number of hydrogen-bond donors (Lipinski definition) is 4. The van der Waals surface area contributed by atoms with Gasteiger partial charge in [0.15, 0.2) is 5.69 Å². The van der Waals surface area contributed by atoms with E-state index in [1.807, 2.05) is 0 Å². The van der Waals surface area contributed by atoms with Crippen LogP contribution >= 0.6 is 11.6 Å². The number of alkyl halides is 6. The van der Waals surface area contributed by atoms with Crippen LogP contribution in [0.2, 0.25) is 5.02 Å². The Morgan fingerprint density at radius 3 is 2.02 bits per heavy atom. The van der Waals surface area contributed by atoms with Crippen molar-refractivity contribution < 1.29 is 83.7 Å². The molecule has 296 valence electrons. The average molecular weight is 812 g/mol. The largest absolute Gasteiger partial charge is 1.00 e. The van der Waals surface area contributed by atoms with Crippen LogP contribution in [0.1, 0.15) is 39.1 Å². The fraction of sp³-hybridized carbons (Fsp3) is 0.286. The Morgan fingerprint density at radius 1 is 0.946 bits per heavy atom. The molecule has 1 atom stereocenters. The number of hydrogen-bond acceptors (Lipinski definition) is 7. The SMILES string of the molecule is C1CCOC1.NCC(F)(F)F.[C-]#[N+]c1ccc(-c2ccc(C[C@H](NC(=O)c3c(F)cc(C(=O)NCC(F)(F)F)cc3F)C(=O)O)c3cccnc23)c(Cl)c1.[Li+].[OH-]. The summed E-state index contributed by atoms with van der Waals surface area (Å²) >= 11 is 6.39. The molecule has 1 aromatic heterocycles. The summed E-state index contributed by atoms with van der Waals surface area (Å²) in [7, 11) is 0. The minimum atomic E-state index is -4.77. The zero-order valence-electron chi connectivity index (χ0n) is 29.2. The van der Waals surface area contributed by atoms with Crippen LogP contribution in [0.25, 0.3) is 26.9 Å². The molecule has 6 N–H and O–H groups in total. The molecule has 1 aliphatic rings. The van der Waals surface area contributed by atoms with E-state index in [2.05, 4.69) is 20.9 Å². The minimum absolute atomic E-state index is 0. The molecular formula is C35H31ClF8LiN5O6. The van der Waals surface area contributed by atoms with Gasteiger partial charge in [-0.1, -0.05) is 41.9 Å². The van der Waals surface area contributed by atoms with E-state index in [4.69, 9.17) is 22.9 Å². The number of halogens is 9. The summed E-state index contributed by atoms with van der Waals surface area (Å²) < 4.78 is 103. The van der Waals surface area contributed by atoms with E-state index in [1.165, 1.54) is 30.4 Å². The van der Waals surface area contributed by atoms with Gasteiger partial charge >= 0.3 is 37.2 Å². The van der Waals surface area contributed by atoms with Gasteiger partial charge in [0, 0.05) is 47.4 Å². The van der Waals surface area contributed by atoms with Crippen molar-refractivity contribution in [1.82, 2.24) is 15.6 Å². The normalized spacial score (nSPS) is 12.6. The van der Waals surface area contributed by atoms with Gasteiger partial charge in [0.2, 0.25) is 0 Å². The third kappa shape index (κ3) is 14.7. The molecule has 0 bridgehead atoms. The zero-order valence-corrected chi connectivity index (χ0v) is 30.0. The predicted octanol–water partition coefficient (Wildman–Crippen LogP) is 4.23. The van der Waals surface area contributed by atoms with E-state index >= 15 is 0 Å². The number of nitrogens with one attached hydrogen (secondary N) is 2. The number of amides is 2. The number of ether oxygens (including phenoxy) is 1. The van der Waals surface area contributed by atoms with Crippen LogP contribution in [-0.4, -0.2) is 78.0 Å². The molecule has 56 heavy (non-hydrogen) atoms. The second-order valence-corrected chi connectivity index (χ2v) is 11.7. The van der Waals surface area contributed by atoms with Gasteiger partial charge in [0.1, 0.15) is 29.8 Å². The van der Waals surface area contributed by atoms with Crippen molar-refractivity contribution in [2.75, 3.05) is 26.3 Å². The van der Waals surface area contributed by atoms with Crippen molar-refractivity contribution in [3.05, 3.63) is 106 Å². The van der Waals surface area contributed by atoms with Gasteiger partial charge in [-0.2, -0.15) is 26.3 Å². The van der Waals surface area contributed by atoms with Crippen LogP contribution in [0.15, 0.2) is 60.8 Å². The first-order chi connectivity index (χ1) is 25.3. The summed E-state index contributed by atoms with van der Waals surface area (Å²) in [4.78, 5) is 44.4. The van der Waals surface area contributed by atoms with Gasteiger partial charge in [-0.05, 0) is 48.2 Å². The van der Waals surface area contributed by atoms with Gasteiger partial charge in [-0.3, -0.25) is 14.6 Å². The van der Waals surface area contributed by atoms with Crippen LogP contribution in [0.5, 0.6) is 0 Å². The summed E-state index contributed by atoms with van der Waals surface area (Å²) in [5.74, 6) is -7.59. The quantitative estimate of drug-likeness (QED) is 0.116. The van der Waals surface area contributed by atoms with E-state index in [0.717, 1.165) is 13.2 Å². The number of nitrogens with zero attached hydrogens (tertiary/aromatic N) is 2. The molecule has 0 saturated carbocycles. The third-order valence-corrected chi connectivity index (χ3v) is 7.61. The first-order valence-corrected chi connectivity index (χ1v) is 16.0. The minimum Gasteiger partial charge on any atom is -0.870 e. The Hall–Kier alpha value is -4.82. The molecule has 1 aliphatic heterocycles. The Morgan fingerprint density at radius 2 is 1.54 bits per heavy atom.